The number of halogens is 1. The van der Waals surface area contributed by atoms with Gasteiger partial charge in [0.05, 0.1) is 11.8 Å². The number of rotatable bonds is 2. The molecule has 0 aromatic carbocycles. The third-order valence-corrected chi connectivity index (χ3v) is 2.93. The van der Waals surface area contributed by atoms with Crippen LogP contribution >= 0.6 is 12.4 Å². The maximum absolute atomic E-state index is 11.7. The zero-order valence-electron chi connectivity index (χ0n) is 9.23. The number of nitrogens with one attached hydrogen (secondary N) is 2. The van der Waals surface area contributed by atoms with Crippen LogP contribution in [-0.4, -0.2) is 25.0 Å². The Hall–Kier alpha value is -1.00. The highest BCUT2D eigenvalue weighted by Crippen LogP contribution is 2.12. The summed E-state index contributed by atoms with van der Waals surface area (Å²) in [5.74, 6) is 0.478. The summed E-state index contributed by atoms with van der Waals surface area (Å²) < 4.78 is 4.88. The summed E-state index contributed by atoms with van der Waals surface area (Å²) in [7, 11) is 0. The molecule has 2 heterocycles. The smallest absolute Gasteiger partial charge is 0.254 e. The van der Waals surface area contributed by atoms with Gasteiger partial charge < -0.3 is 15.1 Å². The molecular formula is C11H17ClN2O2. The lowest BCUT2D eigenvalue weighted by Gasteiger charge is -2.30. The first-order chi connectivity index (χ1) is 7.27. The molecule has 1 aliphatic heterocycles. The molecule has 2 unspecified atom stereocenters. The van der Waals surface area contributed by atoms with E-state index in [1.165, 1.54) is 12.5 Å². The summed E-state index contributed by atoms with van der Waals surface area (Å²) in [6.45, 7) is 4.06. The fourth-order valence-electron chi connectivity index (χ4n) is 1.83. The fraction of sp³-hybridized carbons (Fsp3) is 0.545. The number of piperidine rings is 1. The maximum atomic E-state index is 11.7. The summed E-state index contributed by atoms with van der Waals surface area (Å²) >= 11 is 0. The molecule has 2 rings (SSSR count). The SMILES string of the molecule is CC1CCNCC1NC(=O)c1ccoc1.Cl. The van der Waals surface area contributed by atoms with Crippen LogP contribution < -0.4 is 10.6 Å². The van der Waals surface area contributed by atoms with Crippen molar-refractivity contribution in [2.45, 2.75) is 19.4 Å². The van der Waals surface area contributed by atoms with Crippen molar-refractivity contribution in [2.24, 2.45) is 5.92 Å². The molecular weight excluding hydrogens is 228 g/mol. The highest BCUT2D eigenvalue weighted by molar-refractivity contribution is 5.93. The first-order valence-electron chi connectivity index (χ1n) is 5.31. The molecule has 1 fully saturated rings. The highest BCUT2D eigenvalue weighted by atomic mass is 35.5. The van der Waals surface area contributed by atoms with Crippen molar-refractivity contribution in [3.8, 4) is 0 Å². The van der Waals surface area contributed by atoms with Crippen molar-refractivity contribution < 1.29 is 9.21 Å². The van der Waals surface area contributed by atoms with Gasteiger partial charge in [-0.15, -0.1) is 12.4 Å². The van der Waals surface area contributed by atoms with Crippen LogP contribution in [0.4, 0.5) is 0 Å². The van der Waals surface area contributed by atoms with Crippen LogP contribution in [0.3, 0.4) is 0 Å². The van der Waals surface area contributed by atoms with Crippen LogP contribution in [0.2, 0.25) is 0 Å². The summed E-state index contributed by atoms with van der Waals surface area (Å²) in [5.41, 5.74) is 0.591. The predicted octanol–water partition coefficient (Wildman–Crippen LogP) is 1.43. The first-order valence-corrected chi connectivity index (χ1v) is 5.31. The molecule has 90 valence electrons. The number of carbonyl (C=O) groups is 1. The van der Waals surface area contributed by atoms with Gasteiger partial charge in [0, 0.05) is 12.6 Å². The summed E-state index contributed by atoms with van der Waals surface area (Å²) in [6, 6.07) is 1.90. The Kier molecular flexibility index (Phi) is 4.83. The van der Waals surface area contributed by atoms with Gasteiger partial charge >= 0.3 is 0 Å². The molecule has 1 aromatic heterocycles. The van der Waals surface area contributed by atoms with Gasteiger partial charge in [-0.1, -0.05) is 6.92 Å². The average Bonchev–Trinajstić information content (AvgIpc) is 2.74. The van der Waals surface area contributed by atoms with Crippen molar-refractivity contribution >= 4 is 18.3 Å². The average molecular weight is 245 g/mol. The zero-order chi connectivity index (χ0) is 10.7. The molecule has 1 aromatic rings. The standard InChI is InChI=1S/C11H16N2O2.ClH/c1-8-2-4-12-6-10(8)13-11(14)9-3-5-15-7-9;/h3,5,7-8,10,12H,2,4,6H2,1H3,(H,13,14);1H. The van der Waals surface area contributed by atoms with E-state index in [-0.39, 0.29) is 24.4 Å². The minimum Gasteiger partial charge on any atom is -0.472 e. The molecule has 0 saturated carbocycles. The largest absolute Gasteiger partial charge is 0.472 e. The number of hydrogen-bond donors (Lipinski definition) is 2. The molecule has 4 nitrogen and oxygen atoms in total. The van der Waals surface area contributed by atoms with E-state index in [2.05, 4.69) is 17.6 Å². The van der Waals surface area contributed by atoms with Gasteiger partial charge in [-0.25, -0.2) is 0 Å². The van der Waals surface area contributed by atoms with E-state index in [1.54, 1.807) is 6.07 Å². The van der Waals surface area contributed by atoms with Crippen LogP contribution in [0.25, 0.3) is 0 Å². The van der Waals surface area contributed by atoms with Gasteiger partial charge in [-0.3, -0.25) is 4.79 Å². The third-order valence-electron chi connectivity index (χ3n) is 2.93. The van der Waals surface area contributed by atoms with E-state index in [9.17, 15) is 4.79 Å². The Labute approximate surface area is 101 Å². The highest BCUT2D eigenvalue weighted by Gasteiger charge is 2.23. The molecule has 0 aliphatic carbocycles. The van der Waals surface area contributed by atoms with Gasteiger partial charge in [0.2, 0.25) is 0 Å². The minimum atomic E-state index is -0.0516. The Bertz CT molecular complexity index is 327. The van der Waals surface area contributed by atoms with Crippen LogP contribution in [0.1, 0.15) is 23.7 Å². The molecule has 0 bridgehead atoms. The van der Waals surface area contributed by atoms with E-state index in [4.69, 9.17) is 4.42 Å². The van der Waals surface area contributed by atoms with Crippen molar-refractivity contribution in [3.63, 3.8) is 0 Å². The van der Waals surface area contributed by atoms with Crippen LogP contribution in [0.15, 0.2) is 23.0 Å². The second-order valence-electron chi connectivity index (χ2n) is 4.06. The van der Waals surface area contributed by atoms with Crippen LogP contribution in [0, 0.1) is 5.92 Å². The van der Waals surface area contributed by atoms with Crippen LogP contribution in [0.5, 0.6) is 0 Å². The summed E-state index contributed by atoms with van der Waals surface area (Å²) in [4.78, 5) is 11.7. The van der Waals surface area contributed by atoms with Gasteiger partial charge in [-0.05, 0) is 24.9 Å². The van der Waals surface area contributed by atoms with Crippen molar-refractivity contribution in [1.82, 2.24) is 10.6 Å². The predicted molar refractivity (Wildman–Crippen MR) is 63.9 cm³/mol. The van der Waals surface area contributed by atoms with Crippen molar-refractivity contribution in [1.29, 1.82) is 0 Å². The molecule has 2 atom stereocenters. The van der Waals surface area contributed by atoms with Gasteiger partial charge in [0.15, 0.2) is 0 Å². The topological polar surface area (TPSA) is 54.3 Å². The van der Waals surface area contributed by atoms with E-state index in [0.717, 1.165) is 19.5 Å². The molecule has 0 radical (unpaired) electrons. The second-order valence-corrected chi connectivity index (χ2v) is 4.06. The van der Waals surface area contributed by atoms with E-state index in [1.807, 2.05) is 0 Å². The Morgan fingerprint density at radius 2 is 2.44 bits per heavy atom. The molecule has 5 heteroatoms. The molecule has 1 amide bonds. The zero-order valence-corrected chi connectivity index (χ0v) is 10.0. The van der Waals surface area contributed by atoms with E-state index < -0.39 is 0 Å². The lowest BCUT2D eigenvalue weighted by Crippen LogP contribution is -2.50. The molecule has 16 heavy (non-hydrogen) atoms. The Morgan fingerprint density at radius 3 is 3.06 bits per heavy atom. The second kappa shape index (κ2) is 5.92. The summed E-state index contributed by atoms with van der Waals surface area (Å²) in [6.07, 6.45) is 4.09. The van der Waals surface area contributed by atoms with E-state index >= 15 is 0 Å². The summed E-state index contributed by atoms with van der Waals surface area (Å²) in [5, 5.41) is 6.29. The number of furan rings is 1. The molecule has 2 N–H and O–H groups in total. The third kappa shape index (κ3) is 3.00. The van der Waals surface area contributed by atoms with Crippen molar-refractivity contribution in [2.75, 3.05) is 13.1 Å². The van der Waals surface area contributed by atoms with Crippen LogP contribution in [-0.2, 0) is 0 Å². The van der Waals surface area contributed by atoms with Gasteiger partial charge in [-0.2, -0.15) is 0 Å². The molecule has 1 saturated heterocycles. The lowest BCUT2D eigenvalue weighted by molar-refractivity contribution is 0.0914. The monoisotopic (exact) mass is 244 g/mol. The number of hydrogen-bond acceptors (Lipinski definition) is 3. The maximum Gasteiger partial charge on any atom is 0.254 e. The minimum absolute atomic E-state index is 0. The molecule has 0 spiro atoms. The number of amides is 1. The Balaban J connectivity index is 0.00000128. The van der Waals surface area contributed by atoms with Gasteiger partial charge in [0.25, 0.3) is 5.91 Å². The quantitative estimate of drug-likeness (QED) is 0.828. The van der Waals surface area contributed by atoms with E-state index in [0.29, 0.717) is 11.5 Å². The lowest BCUT2D eigenvalue weighted by atomic mass is 9.94. The fourth-order valence-corrected chi connectivity index (χ4v) is 1.83. The molecule has 1 aliphatic rings. The normalized spacial score (nSPS) is 24.6. The number of carbonyl (C=O) groups excluding carboxylic acids is 1. The first kappa shape index (κ1) is 13.1. The Morgan fingerprint density at radius 1 is 1.62 bits per heavy atom. The van der Waals surface area contributed by atoms with Crippen molar-refractivity contribution in [3.05, 3.63) is 24.2 Å². The van der Waals surface area contributed by atoms with Gasteiger partial charge in [0.1, 0.15) is 6.26 Å².